The predicted octanol–water partition coefficient (Wildman–Crippen LogP) is 5.28. The number of benzene rings is 1. The molecule has 2 amide bonds. The summed E-state index contributed by atoms with van der Waals surface area (Å²) in [5.41, 5.74) is 4.89. The van der Waals surface area contributed by atoms with Gasteiger partial charge in [0, 0.05) is 16.5 Å². The second kappa shape index (κ2) is 8.71. The van der Waals surface area contributed by atoms with Crippen LogP contribution in [0.4, 0.5) is 5.00 Å². The lowest BCUT2D eigenvalue weighted by molar-refractivity contribution is 0.0948. The summed E-state index contributed by atoms with van der Waals surface area (Å²) in [5, 5.41) is 10.3. The van der Waals surface area contributed by atoms with Crippen molar-refractivity contribution in [1.29, 1.82) is 0 Å². The minimum atomic E-state index is -0.408. The molecule has 0 saturated carbocycles. The molecule has 3 heterocycles. The van der Waals surface area contributed by atoms with Gasteiger partial charge in [0.25, 0.3) is 11.8 Å². The Hall–Kier alpha value is -3.65. The van der Waals surface area contributed by atoms with Crippen LogP contribution in [0.3, 0.4) is 0 Å². The van der Waals surface area contributed by atoms with Crippen LogP contribution in [0.15, 0.2) is 51.6 Å². The fraction of sp³-hybridized carbons (Fsp3) is 0.240. The number of carbonyl (C=O) groups is 2. The van der Waals surface area contributed by atoms with Crippen LogP contribution in [-0.4, -0.2) is 17.0 Å². The van der Waals surface area contributed by atoms with Crippen molar-refractivity contribution in [2.45, 2.75) is 39.7 Å². The second-order valence-corrected chi connectivity index (χ2v) is 9.26. The van der Waals surface area contributed by atoms with E-state index in [1.165, 1.54) is 16.9 Å². The molecule has 1 aromatic carbocycles. The molecular formula is C25H23N3O4S. The standard InChI is InChI=1S/C25H23N3O4S/c1-14-8-9-16(11-15(14)2)20-12-19(28-32-20)23(29)27-25-22(18-6-3-7-21(18)33-25)24(30)26-13-17-5-4-10-31-17/h4-5,8-12H,3,6-7,13H2,1-2H3,(H,26,30)(H,27,29). The van der Waals surface area contributed by atoms with Gasteiger partial charge in [-0.1, -0.05) is 17.3 Å². The molecule has 0 saturated heterocycles. The number of amides is 2. The van der Waals surface area contributed by atoms with Gasteiger partial charge in [0.2, 0.25) is 0 Å². The molecule has 168 valence electrons. The highest BCUT2D eigenvalue weighted by molar-refractivity contribution is 7.17. The van der Waals surface area contributed by atoms with E-state index >= 15 is 0 Å². The Kier molecular flexibility index (Phi) is 5.60. The molecule has 0 fully saturated rings. The van der Waals surface area contributed by atoms with Crippen molar-refractivity contribution >= 4 is 28.2 Å². The van der Waals surface area contributed by atoms with E-state index in [1.54, 1.807) is 24.5 Å². The maximum absolute atomic E-state index is 13.0. The fourth-order valence-corrected chi connectivity index (χ4v) is 5.26. The molecule has 0 radical (unpaired) electrons. The molecular weight excluding hydrogens is 438 g/mol. The number of nitrogens with zero attached hydrogens (tertiary/aromatic N) is 1. The highest BCUT2D eigenvalue weighted by Crippen LogP contribution is 2.39. The Morgan fingerprint density at radius 1 is 1.09 bits per heavy atom. The molecule has 2 N–H and O–H groups in total. The number of furan rings is 1. The van der Waals surface area contributed by atoms with Gasteiger partial charge in [-0.2, -0.15) is 0 Å². The molecule has 0 spiro atoms. The third kappa shape index (κ3) is 4.21. The molecule has 3 aromatic heterocycles. The lowest BCUT2D eigenvalue weighted by Crippen LogP contribution is -2.25. The van der Waals surface area contributed by atoms with Crippen molar-refractivity contribution in [3.8, 4) is 11.3 Å². The van der Waals surface area contributed by atoms with Gasteiger partial charge in [-0.15, -0.1) is 11.3 Å². The summed E-state index contributed by atoms with van der Waals surface area (Å²) in [6.07, 6.45) is 4.32. The van der Waals surface area contributed by atoms with Crippen LogP contribution in [0.1, 0.15) is 54.6 Å². The number of aromatic nitrogens is 1. The molecule has 1 aliphatic rings. The molecule has 0 atom stereocenters. The number of anilines is 1. The summed E-state index contributed by atoms with van der Waals surface area (Å²) in [4.78, 5) is 27.1. The van der Waals surface area contributed by atoms with Gasteiger partial charge in [0.05, 0.1) is 18.4 Å². The SMILES string of the molecule is Cc1ccc(-c2cc(C(=O)Nc3sc4c(c3C(=O)NCc3ccco3)CCC4)no2)cc1C. The minimum absolute atomic E-state index is 0.165. The Morgan fingerprint density at radius 2 is 1.97 bits per heavy atom. The zero-order valence-corrected chi connectivity index (χ0v) is 19.2. The number of rotatable bonds is 6. The van der Waals surface area contributed by atoms with Gasteiger partial charge >= 0.3 is 0 Å². The van der Waals surface area contributed by atoms with Crippen LogP contribution < -0.4 is 10.6 Å². The molecule has 0 aliphatic heterocycles. The Morgan fingerprint density at radius 3 is 2.76 bits per heavy atom. The highest BCUT2D eigenvalue weighted by Gasteiger charge is 2.28. The topological polar surface area (TPSA) is 97.4 Å². The van der Waals surface area contributed by atoms with E-state index in [0.29, 0.717) is 22.1 Å². The van der Waals surface area contributed by atoms with Gasteiger partial charge in [-0.05, 0) is 68.0 Å². The minimum Gasteiger partial charge on any atom is -0.467 e. The quantitative estimate of drug-likeness (QED) is 0.407. The molecule has 7 nitrogen and oxygen atoms in total. The van der Waals surface area contributed by atoms with Crippen LogP contribution in [0.25, 0.3) is 11.3 Å². The van der Waals surface area contributed by atoms with E-state index in [9.17, 15) is 9.59 Å². The van der Waals surface area contributed by atoms with Crippen molar-refractivity contribution in [1.82, 2.24) is 10.5 Å². The highest BCUT2D eigenvalue weighted by atomic mass is 32.1. The maximum atomic E-state index is 13.0. The molecule has 4 aromatic rings. The number of hydrogen-bond acceptors (Lipinski definition) is 6. The summed E-state index contributed by atoms with van der Waals surface area (Å²) in [5.74, 6) is 0.557. The first-order valence-electron chi connectivity index (χ1n) is 10.8. The lowest BCUT2D eigenvalue weighted by Gasteiger charge is -2.08. The number of carbonyl (C=O) groups excluding carboxylic acids is 2. The number of fused-ring (bicyclic) bond motifs is 1. The van der Waals surface area contributed by atoms with Crippen molar-refractivity contribution in [2.24, 2.45) is 0 Å². The van der Waals surface area contributed by atoms with Crippen LogP contribution in [0.2, 0.25) is 0 Å². The lowest BCUT2D eigenvalue weighted by atomic mass is 10.0. The molecule has 0 bridgehead atoms. The first kappa shape index (κ1) is 21.2. The summed E-state index contributed by atoms with van der Waals surface area (Å²) in [6.45, 7) is 4.35. The van der Waals surface area contributed by atoms with Crippen LogP contribution in [0.5, 0.6) is 0 Å². The Labute approximate surface area is 194 Å². The number of hydrogen-bond donors (Lipinski definition) is 2. The van der Waals surface area contributed by atoms with E-state index < -0.39 is 5.91 Å². The third-order valence-electron chi connectivity index (χ3n) is 5.91. The molecule has 5 rings (SSSR count). The van der Waals surface area contributed by atoms with Gasteiger partial charge < -0.3 is 19.6 Å². The largest absolute Gasteiger partial charge is 0.467 e. The van der Waals surface area contributed by atoms with Crippen molar-refractivity contribution in [3.05, 3.63) is 81.2 Å². The fourth-order valence-electron chi connectivity index (χ4n) is 3.98. The Balaban J connectivity index is 1.36. The number of thiophene rings is 1. The third-order valence-corrected chi connectivity index (χ3v) is 7.12. The van der Waals surface area contributed by atoms with Gasteiger partial charge in [0.1, 0.15) is 10.8 Å². The van der Waals surface area contributed by atoms with Crippen molar-refractivity contribution in [2.75, 3.05) is 5.32 Å². The van der Waals surface area contributed by atoms with E-state index in [2.05, 4.69) is 15.8 Å². The van der Waals surface area contributed by atoms with Gasteiger partial charge in [-0.25, -0.2) is 0 Å². The zero-order chi connectivity index (χ0) is 22.9. The summed E-state index contributed by atoms with van der Waals surface area (Å²) < 4.78 is 10.7. The van der Waals surface area contributed by atoms with E-state index in [4.69, 9.17) is 8.94 Å². The summed E-state index contributed by atoms with van der Waals surface area (Å²) >= 11 is 1.46. The van der Waals surface area contributed by atoms with Gasteiger partial charge in [-0.3, -0.25) is 9.59 Å². The van der Waals surface area contributed by atoms with Crippen molar-refractivity contribution in [3.63, 3.8) is 0 Å². The van der Waals surface area contributed by atoms with E-state index in [-0.39, 0.29) is 18.1 Å². The average Bonchev–Trinajstić information content (AvgIpc) is 3.58. The maximum Gasteiger partial charge on any atom is 0.278 e. The first-order valence-corrected chi connectivity index (χ1v) is 11.6. The molecule has 33 heavy (non-hydrogen) atoms. The number of nitrogens with one attached hydrogen (secondary N) is 2. The number of aryl methyl sites for hydroxylation is 3. The molecule has 8 heteroatoms. The Bertz CT molecular complexity index is 1330. The normalized spacial score (nSPS) is 12.5. The van der Waals surface area contributed by atoms with Crippen LogP contribution >= 0.6 is 11.3 Å². The second-order valence-electron chi connectivity index (χ2n) is 8.15. The monoisotopic (exact) mass is 461 g/mol. The van der Waals surface area contributed by atoms with E-state index in [0.717, 1.165) is 40.8 Å². The average molecular weight is 462 g/mol. The molecule has 0 unspecified atom stereocenters. The first-order chi connectivity index (χ1) is 16.0. The van der Waals surface area contributed by atoms with Crippen molar-refractivity contribution < 1.29 is 18.5 Å². The summed E-state index contributed by atoms with van der Waals surface area (Å²) in [7, 11) is 0. The zero-order valence-electron chi connectivity index (χ0n) is 18.4. The van der Waals surface area contributed by atoms with Crippen LogP contribution in [-0.2, 0) is 19.4 Å². The van der Waals surface area contributed by atoms with Crippen LogP contribution in [0, 0.1) is 13.8 Å². The smallest absolute Gasteiger partial charge is 0.278 e. The summed E-state index contributed by atoms with van der Waals surface area (Å²) in [6, 6.07) is 11.2. The van der Waals surface area contributed by atoms with Gasteiger partial charge in [0.15, 0.2) is 11.5 Å². The predicted molar refractivity (Wildman–Crippen MR) is 126 cm³/mol. The van der Waals surface area contributed by atoms with E-state index in [1.807, 2.05) is 32.0 Å². The molecule has 1 aliphatic carbocycles.